The van der Waals surface area contributed by atoms with Gasteiger partial charge in [0.05, 0.1) is 22.3 Å². The van der Waals surface area contributed by atoms with Crippen molar-refractivity contribution < 1.29 is 14.3 Å². The van der Waals surface area contributed by atoms with Gasteiger partial charge in [0.15, 0.2) is 0 Å². The Bertz CT molecular complexity index is 963. The Morgan fingerprint density at radius 2 is 1.81 bits per heavy atom. The van der Waals surface area contributed by atoms with E-state index >= 15 is 0 Å². The fraction of sp³-hybridized carbons (Fsp3) is 0.444. The minimum Gasteiger partial charge on any atom is -0.477 e. The lowest BCUT2D eigenvalue weighted by Crippen LogP contribution is -2.44. The number of aromatic carboxylic acids is 1. The van der Waals surface area contributed by atoms with Crippen LogP contribution in [0.5, 0.6) is 0 Å². The van der Waals surface area contributed by atoms with Gasteiger partial charge in [-0.1, -0.05) is 0 Å². The third-order valence-corrected chi connectivity index (χ3v) is 5.38. The zero-order valence-electron chi connectivity index (χ0n) is 14.8. The SMILES string of the molecule is CN1CCN(c2cc3c(cc2F)c(=O)c(C(=O)O)c2n3N(C)CC2)CC1. The number of carboxylic acids is 1. The van der Waals surface area contributed by atoms with Gasteiger partial charge in [-0.15, -0.1) is 0 Å². The molecule has 4 rings (SSSR count). The van der Waals surface area contributed by atoms with E-state index in [4.69, 9.17) is 0 Å². The zero-order chi connectivity index (χ0) is 18.6. The van der Waals surface area contributed by atoms with Crippen molar-refractivity contribution >= 4 is 22.6 Å². The molecule has 2 aliphatic rings. The summed E-state index contributed by atoms with van der Waals surface area (Å²) in [6.45, 7) is 3.71. The summed E-state index contributed by atoms with van der Waals surface area (Å²) in [5.41, 5.74) is 0.633. The van der Waals surface area contributed by atoms with E-state index in [9.17, 15) is 19.1 Å². The maximum atomic E-state index is 14.8. The Balaban J connectivity index is 1.96. The first-order valence-corrected chi connectivity index (χ1v) is 8.68. The van der Waals surface area contributed by atoms with Crippen molar-refractivity contribution in [2.24, 2.45) is 0 Å². The van der Waals surface area contributed by atoms with Crippen LogP contribution in [0.4, 0.5) is 10.1 Å². The molecule has 0 atom stereocenters. The molecule has 2 aromatic rings. The number of hydrogen-bond donors (Lipinski definition) is 1. The Hall–Kier alpha value is -2.61. The molecule has 0 spiro atoms. The molecule has 8 heteroatoms. The van der Waals surface area contributed by atoms with E-state index in [2.05, 4.69) is 4.90 Å². The number of benzene rings is 1. The lowest BCUT2D eigenvalue weighted by Gasteiger charge is -2.34. The van der Waals surface area contributed by atoms with Gasteiger partial charge in [-0.3, -0.25) is 9.47 Å². The Morgan fingerprint density at radius 3 is 2.46 bits per heavy atom. The summed E-state index contributed by atoms with van der Waals surface area (Å²) < 4.78 is 16.5. The number of anilines is 1. The average molecular weight is 360 g/mol. The summed E-state index contributed by atoms with van der Waals surface area (Å²) in [4.78, 5) is 28.5. The largest absolute Gasteiger partial charge is 0.477 e. The molecule has 138 valence electrons. The molecule has 1 aromatic heterocycles. The van der Waals surface area contributed by atoms with Crippen LogP contribution in [-0.4, -0.2) is 67.5 Å². The quantitative estimate of drug-likeness (QED) is 0.851. The van der Waals surface area contributed by atoms with Crippen molar-refractivity contribution in [3.63, 3.8) is 0 Å². The van der Waals surface area contributed by atoms with Gasteiger partial charge < -0.3 is 19.9 Å². The van der Waals surface area contributed by atoms with Crippen LogP contribution >= 0.6 is 0 Å². The standard InChI is InChI=1S/C18H21FN4O3/c1-20-5-7-22(8-6-20)15-10-14-11(9-12(15)19)17(24)16(18(25)26)13-3-4-21(2)23(13)14/h9-10H,3-8H2,1-2H3,(H,25,26). The molecule has 0 radical (unpaired) electrons. The number of fused-ring (bicyclic) bond motifs is 3. The van der Waals surface area contributed by atoms with Crippen LogP contribution in [-0.2, 0) is 6.42 Å². The summed E-state index contributed by atoms with van der Waals surface area (Å²) >= 11 is 0. The highest BCUT2D eigenvalue weighted by atomic mass is 19.1. The molecule has 0 saturated carbocycles. The van der Waals surface area contributed by atoms with E-state index < -0.39 is 17.2 Å². The van der Waals surface area contributed by atoms with Crippen molar-refractivity contribution in [3.05, 3.63) is 39.4 Å². The summed E-state index contributed by atoms with van der Waals surface area (Å²) in [6.07, 6.45) is 0.477. The van der Waals surface area contributed by atoms with E-state index in [1.54, 1.807) is 10.7 Å². The van der Waals surface area contributed by atoms with Gasteiger partial charge in [0.25, 0.3) is 0 Å². The number of piperazine rings is 1. The Morgan fingerprint density at radius 1 is 1.12 bits per heavy atom. The van der Waals surface area contributed by atoms with Gasteiger partial charge >= 0.3 is 5.97 Å². The van der Waals surface area contributed by atoms with E-state index in [0.717, 1.165) is 13.1 Å². The predicted octanol–water partition coefficient (Wildman–Crippen LogP) is 0.715. The number of halogens is 1. The van der Waals surface area contributed by atoms with Crippen LogP contribution in [0.2, 0.25) is 0 Å². The first kappa shape index (κ1) is 16.8. The van der Waals surface area contributed by atoms with Crippen LogP contribution < -0.4 is 15.3 Å². The van der Waals surface area contributed by atoms with Crippen LogP contribution in [0.15, 0.2) is 16.9 Å². The van der Waals surface area contributed by atoms with E-state index in [1.165, 1.54) is 6.07 Å². The van der Waals surface area contributed by atoms with Gasteiger partial charge in [0.1, 0.15) is 11.4 Å². The normalized spacial score (nSPS) is 17.8. The van der Waals surface area contributed by atoms with Gasteiger partial charge in [0.2, 0.25) is 5.43 Å². The smallest absolute Gasteiger partial charge is 0.341 e. The summed E-state index contributed by atoms with van der Waals surface area (Å²) in [5, 5.41) is 11.5. The topological polar surface area (TPSA) is 69.0 Å². The molecule has 0 unspecified atom stereocenters. The molecule has 1 saturated heterocycles. The molecule has 2 aliphatic heterocycles. The van der Waals surface area contributed by atoms with Crippen LogP contribution in [0.3, 0.4) is 0 Å². The number of hydrogen-bond acceptors (Lipinski definition) is 5. The third-order valence-electron chi connectivity index (χ3n) is 5.38. The van der Waals surface area contributed by atoms with Crippen molar-refractivity contribution in [1.82, 2.24) is 9.58 Å². The second kappa shape index (κ2) is 5.98. The number of likely N-dealkylation sites (N-methyl/N-ethyl adjacent to an activating group) is 2. The molecule has 0 aliphatic carbocycles. The minimum atomic E-state index is -1.26. The Kier molecular flexibility index (Phi) is 3.87. The first-order chi connectivity index (χ1) is 12.4. The highest BCUT2D eigenvalue weighted by Gasteiger charge is 2.29. The van der Waals surface area contributed by atoms with Crippen LogP contribution in [0, 0.1) is 5.82 Å². The van der Waals surface area contributed by atoms with E-state index in [0.29, 0.717) is 43.0 Å². The summed E-state index contributed by atoms with van der Waals surface area (Å²) in [6, 6.07) is 2.88. The highest BCUT2D eigenvalue weighted by molar-refractivity contribution is 5.95. The lowest BCUT2D eigenvalue weighted by atomic mass is 10.1. The van der Waals surface area contributed by atoms with E-state index in [1.807, 2.05) is 24.0 Å². The molecular weight excluding hydrogens is 339 g/mol. The summed E-state index contributed by atoms with van der Waals surface area (Å²) in [5.74, 6) is -1.75. The number of carboxylic acid groups (broad SMARTS) is 1. The molecule has 1 fully saturated rings. The second-order valence-corrected chi connectivity index (χ2v) is 7.01. The zero-order valence-corrected chi connectivity index (χ0v) is 14.8. The fourth-order valence-corrected chi connectivity index (χ4v) is 3.92. The van der Waals surface area contributed by atoms with Crippen molar-refractivity contribution in [1.29, 1.82) is 0 Å². The monoisotopic (exact) mass is 360 g/mol. The molecule has 3 heterocycles. The molecule has 7 nitrogen and oxygen atoms in total. The maximum absolute atomic E-state index is 14.8. The first-order valence-electron chi connectivity index (χ1n) is 8.68. The molecule has 0 amide bonds. The number of carbonyl (C=O) groups is 1. The molecule has 1 N–H and O–H groups in total. The predicted molar refractivity (Wildman–Crippen MR) is 97.5 cm³/mol. The third kappa shape index (κ3) is 2.44. The number of nitrogens with zero attached hydrogens (tertiary/aromatic N) is 4. The molecule has 26 heavy (non-hydrogen) atoms. The van der Waals surface area contributed by atoms with Gasteiger partial charge in [-0.2, -0.15) is 0 Å². The van der Waals surface area contributed by atoms with Crippen molar-refractivity contribution in [3.8, 4) is 0 Å². The van der Waals surface area contributed by atoms with Crippen molar-refractivity contribution in [2.75, 3.05) is 56.7 Å². The number of pyridine rings is 1. The van der Waals surface area contributed by atoms with Gasteiger partial charge in [-0.25, -0.2) is 9.18 Å². The fourth-order valence-electron chi connectivity index (χ4n) is 3.92. The lowest BCUT2D eigenvalue weighted by molar-refractivity contribution is 0.0694. The van der Waals surface area contributed by atoms with Gasteiger partial charge in [-0.05, 0) is 19.2 Å². The van der Waals surface area contributed by atoms with E-state index in [-0.39, 0.29) is 10.9 Å². The van der Waals surface area contributed by atoms with Gasteiger partial charge in [0, 0.05) is 46.2 Å². The van der Waals surface area contributed by atoms with Crippen LogP contribution in [0.1, 0.15) is 16.1 Å². The second-order valence-electron chi connectivity index (χ2n) is 7.01. The molecule has 1 aromatic carbocycles. The molecular formula is C18H21FN4O3. The summed E-state index contributed by atoms with van der Waals surface area (Å²) in [7, 11) is 3.87. The Labute approximate surface area is 149 Å². The van der Waals surface area contributed by atoms with Crippen molar-refractivity contribution in [2.45, 2.75) is 6.42 Å². The maximum Gasteiger partial charge on any atom is 0.341 e. The number of aromatic nitrogens is 1. The number of rotatable bonds is 2. The molecule has 0 bridgehead atoms. The minimum absolute atomic E-state index is 0.107. The average Bonchev–Trinajstić information content (AvgIpc) is 2.97. The highest BCUT2D eigenvalue weighted by Crippen LogP contribution is 2.29. The van der Waals surface area contributed by atoms with Crippen LogP contribution in [0.25, 0.3) is 10.9 Å².